The van der Waals surface area contributed by atoms with Crippen molar-refractivity contribution in [3.63, 3.8) is 0 Å². The third-order valence-corrected chi connectivity index (χ3v) is 3.07. The normalized spacial score (nSPS) is 10.1. The Labute approximate surface area is 130 Å². The van der Waals surface area contributed by atoms with E-state index in [2.05, 4.69) is 0 Å². The van der Waals surface area contributed by atoms with Crippen LogP contribution in [-0.4, -0.2) is 19.7 Å². The summed E-state index contributed by atoms with van der Waals surface area (Å²) >= 11 is 0. The topological polar surface area (TPSA) is 44.8 Å². The molecule has 0 saturated carbocycles. The maximum Gasteiger partial charge on any atom is 0.341 e. The zero-order valence-electron chi connectivity index (χ0n) is 12.9. The van der Waals surface area contributed by atoms with E-state index in [4.69, 9.17) is 14.2 Å². The molecule has 0 aliphatic rings. The summed E-state index contributed by atoms with van der Waals surface area (Å²) in [5.41, 5.74) is 1.44. The van der Waals surface area contributed by atoms with E-state index in [0.29, 0.717) is 30.3 Å². The molecule has 0 heterocycles. The monoisotopic (exact) mass is 300 g/mol. The van der Waals surface area contributed by atoms with Gasteiger partial charge in [-0.25, -0.2) is 4.79 Å². The summed E-state index contributed by atoms with van der Waals surface area (Å²) < 4.78 is 16.1. The second-order valence-corrected chi connectivity index (χ2v) is 4.77. The van der Waals surface area contributed by atoms with E-state index in [1.807, 2.05) is 37.3 Å². The van der Waals surface area contributed by atoms with Crippen molar-refractivity contribution in [2.24, 2.45) is 0 Å². The van der Waals surface area contributed by atoms with Crippen molar-refractivity contribution in [3.8, 4) is 11.5 Å². The quantitative estimate of drug-likeness (QED) is 0.729. The molecule has 0 saturated heterocycles. The first-order chi connectivity index (χ1) is 10.7. The highest BCUT2D eigenvalue weighted by molar-refractivity contribution is 5.92. The highest BCUT2D eigenvalue weighted by Crippen LogP contribution is 2.26. The first kappa shape index (κ1) is 15.9. The number of ether oxygens (including phenoxy) is 3. The Balaban J connectivity index is 2.13. The molecule has 0 spiro atoms. The lowest BCUT2D eigenvalue weighted by Crippen LogP contribution is -2.07. The lowest BCUT2D eigenvalue weighted by Gasteiger charge is -2.12. The van der Waals surface area contributed by atoms with Crippen LogP contribution in [-0.2, 0) is 11.3 Å². The van der Waals surface area contributed by atoms with E-state index < -0.39 is 5.97 Å². The molecule has 0 atom stereocenters. The van der Waals surface area contributed by atoms with E-state index in [0.717, 1.165) is 12.0 Å². The Bertz CT molecular complexity index is 608. The third kappa shape index (κ3) is 4.25. The molecule has 0 fully saturated rings. The number of hydrogen-bond acceptors (Lipinski definition) is 4. The van der Waals surface area contributed by atoms with Crippen molar-refractivity contribution in [2.75, 3.05) is 13.7 Å². The van der Waals surface area contributed by atoms with Gasteiger partial charge in [-0.05, 0) is 30.2 Å². The molecule has 0 radical (unpaired) electrons. The molecule has 0 amide bonds. The van der Waals surface area contributed by atoms with Crippen molar-refractivity contribution >= 4 is 5.97 Å². The van der Waals surface area contributed by atoms with Gasteiger partial charge < -0.3 is 14.2 Å². The first-order valence-electron chi connectivity index (χ1n) is 7.26. The largest absolute Gasteiger partial charge is 0.493 e. The highest BCUT2D eigenvalue weighted by Gasteiger charge is 2.14. The Morgan fingerprint density at radius 3 is 2.50 bits per heavy atom. The molecule has 116 valence electrons. The predicted octanol–water partition coefficient (Wildman–Crippen LogP) is 3.84. The van der Waals surface area contributed by atoms with Crippen LogP contribution in [0.25, 0.3) is 0 Å². The molecular weight excluding hydrogens is 280 g/mol. The Hall–Kier alpha value is -2.49. The molecule has 2 aromatic carbocycles. The average Bonchev–Trinajstić information content (AvgIpc) is 2.58. The van der Waals surface area contributed by atoms with Crippen molar-refractivity contribution in [1.29, 1.82) is 0 Å². The van der Waals surface area contributed by atoms with Gasteiger partial charge in [-0.15, -0.1) is 0 Å². The third-order valence-electron chi connectivity index (χ3n) is 3.07. The summed E-state index contributed by atoms with van der Waals surface area (Å²) in [6.07, 6.45) is 0.868. The summed E-state index contributed by atoms with van der Waals surface area (Å²) in [5.74, 6) is 0.685. The van der Waals surface area contributed by atoms with Crippen molar-refractivity contribution in [2.45, 2.75) is 20.0 Å². The molecule has 0 bridgehead atoms. The summed E-state index contributed by atoms with van der Waals surface area (Å²) in [6.45, 7) is 3.00. The van der Waals surface area contributed by atoms with E-state index in [-0.39, 0.29) is 0 Å². The lowest BCUT2D eigenvalue weighted by atomic mass is 10.2. The molecule has 22 heavy (non-hydrogen) atoms. The van der Waals surface area contributed by atoms with Crippen LogP contribution in [0.3, 0.4) is 0 Å². The predicted molar refractivity (Wildman–Crippen MR) is 84.3 cm³/mol. The zero-order chi connectivity index (χ0) is 15.8. The molecule has 0 N–H and O–H groups in total. The number of carbonyl (C=O) groups is 1. The van der Waals surface area contributed by atoms with E-state index in [9.17, 15) is 4.79 Å². The first-order valence-corrected chi connectivity index (χ1v) is 7.26. The maximum absolute atomic E-state index is 11.9. The van der Waals surface area contributed by atoms with E-state index >= 15 is 0 Å². The van der Waals surface area contributed by atoms with Crippen LogP contribution in [0, 0.1) is 0 Å². The standard InChI is InChI=1S/C18H20O4/c1-3-11-21-17-10-9-15(12-16(17)18(19)20-2)22-13-14-7-5-4-6-8-14/h4-10,12H,3,11,13H2,1-2H3. The molecule has 0 unspecified atom stereocenters. The van der Waals surface area contributed by atoms with Gasteiger partial charge in [0.05, 0.1) is 13.7 Å². The van der Waals surface area contributed by atoms with Crippen LogP contribution in [0.2, 0.25) is 0 Å². The number of benzene rings is 2. The van der Waals surface area contributed by atoms with Gasteiger partial charge in [0.15, 0.2) is 0 Å². The van der Waals surface area contributed by atoms with Crippen molar-refractivity contribution in [1.82, 2.24) is 0 Å². The number of esters is 1. The van der Waals surface area contributed by atoms with Gasteiger partial charge in [0.1, 0.15) is 23.7 Å². The molecule has 0 aliphatic heterocycles. The number of carbonyl (C=O) groups excluding carboxylic acids is 1. The molecule has 0 aliphatic carbocycles. The van der Waals surface area contributed by atoms with Gasteiger partial charge in [0.2, 0.25) is 0 Å². The Morgan fingerprint density at radius 1 is 1.05 bits per heavy atom. The number of rotatable bonds is 7. The fourth-order valence-electron chi connectivity index (χ4n) is 1.95. The zero-order valence-corrected chi connectivity index (χ0v) is 12.9. The average molecular weight is 300 g/mol. The summed E-state index contributed by atoms with van der Waals surface area (Å²) in [4.78, 5) is 11.9. The van der Waals surface area contributed by atoms with Gasteiger partial charge in [0, 0.05) is 0 Å². The smallest absolute Gasteiger partial charge is 0.341 e. The number of methoxy groups -OCH3 is 1. The van der Waals surface area contributed by atoms with Gasteiger partial charge >= 0.3 is 5.97 Å². The minimum Gasteiger partial charge on any atom is -0.493 e. The molecule has 2 aromatic rings. The fourth-order valence-corrected chi connectivity index (χ4v) is 1.95. The highest BCUT2D eigenvalue weighted by atomic mass is 16.5. The molecule has 0 aromatic heterocycles. The van der Waals surface area contributed by atoms with Crippen molar-refractivity contribution < 1.29 is 19.0 Å². The molecule has 4 heteroatoms. The maximum atomic E-state index is 11.9. The van der Waals surface area contributed by atoms with Crippen molar-refractivity contribution in [3.05, 3.63) is 59.7 Å². The molecule has 2 rings (SSSR count). The SMILES string of the molecule is CCCOc1ccc(OCc2ccccc2)cc1C(=O)OC. The summed E-state index contributed by atoms with van der Waals surface area (Å²) in [5, 5.41) is 0. The molecular formula is C18H20O4. The van der Waals surface area contributed by atoms with Gasteiger partial charge in [-0.3, -0.25) is 0 Å². The van der Waals surface area contributed by atoms with E-state index in [1.165, 1.54) is 7.11 Å². The van der Waals surface area contributed by atoms with E-state index in [1.54, 1.807) is 18.2 Å². The second-order valence-electron chi connectivity index (χ2n) is 4.77. The second kappa shape index (κ2) is 8.08. The molecule has 4 nitrogen and oxygen atoms in total. The van der Waals surface area contributed by atoms with Crippen LogP contribution >= 0.6 is 0 Å². The summed E-state index contributed by atoms with van der Waals surface area (Å²) in [6, 6.07) is 15.0. The van der Waals surface area contributed by atoms with Crippen LogP contribution in [0.1, 0.15) is 29.3 Å². The van der Waals surface area contributed by atoms with Gasteiger partial charge in [0.25, 0.3) is 0 Å². The summed E-state index contributed by atoms with van der Waals surface area (Å²) in [7, 11) is 1.35. The fraction of sp³-hybridized carbons (Fsp3) is 0.278. The lowest BCUT2D eigenvalue weighted by molar-refractivity contribution is 0.0595. The Kier molecular flexibility index (Phi) is 5.83. The Morgan fingerprint density at radius 2 is 1.82 bits per heavy atom. The van der Waals surface area contributed by atoms with Crippen LogP contribution in [0.5, 0.6) is 11.5 Å². The van der Waals surface area contributed by atoms with Gasteiger partial charge in [-0.1, -0.05) is 37.3 Å². The van der Waals surface area contributed by atoms with Gasteiger partial charge in [-0.2, -0.15) is 0 Å². The van der Waals surface area contributed by atoms with Crippen LogP contribution in [0.4, 0.5) is 0 Å². The minimum absolute atomic E-state index is 0.376. The van der Waals surface area contributed by atoms with Crippen LogP contribution in [0.15, 0.2) is 48.5 Å². The van der Waals surface area contributed by atoms with Crippen LogP contribution < -0.4 is 9.47 Å². The minimum atomic E-state index is -0.434. The number of hydrogen-bond donors (Lipinski definition) is 0.